The monoisotopic (exact) mass is 326 g/mol. The molecule has 1 aliphatic heterocycles. The molecule has 2 rings (SSSR count). The van der Waals surface area contributed by atoms with Crippen LogP contribution in [-0.4, -0.2) is 59.6 Å². The highest BCUT2D eigenvalue weighted by atomic mass is 19.2. The van der Waals surface area contributed by atoms with Gasteiger partial charge >= 0.3 is 0 Å². The highest BCUT2D eigenvalue weighted by Crippen LogP contribution is 2.19. The number of rotatable bonds is 6. The van der Waals surface area contributed by atoms with Gasteiger partial charge in [-0.15, -0.1) is 0 Å². The molecule has 1 fully saturated rings. The van der Waals surface area contributed by atoms with Gasteiger partial charge in [0.1, 0.15) is 0 Å². The first-order valence-corrected chi connectivity index (χ1v) is 7.90. The molecular weight excluding hydrogens is 302 g/mol. The van der Waals surface area contributed by atoms with Gasteiger partial charge < -0.3 is 10.0 Å². The smallest absolute Gasteiger partial charge is 0.253 e. The third-order valence-corrected chi connectivity index (χ3v) is 4.18. The van der Waals surface area contributed by atoms with Crippen molar-refractivity contribution in [3.05, 3.63) is 35.4 Å². The van der Waals surface area contributed by atoms with E-state index in [0.717, 1.165) is 18.6 Å². The van der Waals surface area contributed by atoms with Gasteiger partial charge in [-0.05, 0) is 30.5 Å². The first-order chi connectivity index (χ1) is 10.8. The Morgan fingerprint density at radius 3 is 2.52 bits per heavy atom. The van der Waals surface area contributed by atoms with E-state index in [4.69, 9.17) is 0 Å². The number of hydrogen-bond acceptors (Lipinski definition) is 3. The lowest BCUT2D eigenvalue weighted by Gasteiger charge is -2.41. The number of amides is 1. The lowest BCUT2D eigenvalue weighted by molar-refractivity contribution is -0.0123. The summed E-state index contributed by atoms with van der Waals surface area (Å²) in [6, 6.07) is 3.17. The van der Waals surface area contributed by atoms with E-state index in [1.807, 2.05) is 0 Å². The van der Waals surface area contributed by atoms with Crippen LogP contribution in [0.4, 0.5) is 8.78 Å². The topological polar surface area (TPSA) is 43.8 Å². The Hall–Kier alpha value is -1.53. The van der Waals surface area contributed by atoms with Crippen LogP contribution in [-0.2, 0) is 0 Å². The second-order valence-corrected chi connectivity index (χ2v) is 6.70. The van der Waals surface area contributed by atoms with Crippen LogP contribution in [0, 0.1) is 17.6 Å². The number of carbonyl (C=O) groups is 1. The van der Waals surface area contributed by atoms with Gasteiger partial charge in [-0.2, -0.15) is 0 Å². The van der Waals surface area contributed by atoms with E-state index >= 15 is 0 Å². The largest absolute Gasteiger partial charge is 0.390 e. The standard InChI is InChI=1S/C17H24F2N2O2/c1-11(2)6-13(8-21-9-14(22)10-21)20(3)17(23)12-4-5-15(18)16(19)7-12/h4-5,7,11,13-14,22H,6,8-10H2,1-3H3/t13-/m0/s1. The van der Waals surface area contributed by atoms with Crippen LogP contribution >= 0.6 is 0 Å². The molecule has 6 heteroatoms. The highest BCUT2D eigenvalue weighted by Gasteiger charge is 2.30. The normalized spacial score (nSPS) is 17.2. The lowest BCUT2D eigenvalue weighted by atomic mass is 9.99. The molecule has 1 atom stereocenters. The van der Waals surface area contributed by atoms with Gasteiger partial charge in [0.2, 0.25) is 0 Å². The second-order valence-electron chi connectivity index (χ2n) is 6.70. The van der Waals surface area contributed by atoms with Crippen LogP contribution in [0.2, 0.25) is 0 Å². The number of aliphatic hydroxyl groups is 1. The van der Waals surface area contributed by atoms with E-state index in [0.29, 0.717) is 25.6 Å². The Morgan fingerprint density at radius 2 is 2.00 bits per heavy atom. The molecule has 0 spiro atoms. The zero-order valence-electron chi connectivity index (χ0n) is 13.8. The fourth-order valence-electron chi connectivity index (χ4n) is 2.89. The van der Waals surface area contributed by atoms with Gasteiger partial charge in [-0.3, -0.25) is 9.69 Å². The van der Waals surface area contributed by atoms with Crippen LogP contribution in [0.3, 0.4) is 0 Å². The van der Waals surface area contributed by atoms with Crippen LogP contribution < -0.4 is 0 Å². The molecule has 1 aromatic rings. The molecule has 1 aromatic carbocycles. The predicted molar refractivity (Wildman–Crippen MR) is 84.1 cm³/mol. The molecule has 0 bridgehead atoms. The number of likely N-dealkylation sites (tertiary alicyclic amines) is 1. The molecule has 0 radical (unpaired) electrons. The van der Waals surface area contributed by atoms with Crippen molar-refractivity contribution in [2.75, 3.05) is 26.7 Å². The second kappa shape index (κ2) is 7.36. The Labute approximate surface area is 135 Å². The van der Waals surface area contributed by atoms with Crippen molar-refractivity contribution < 1.29 is 18.7 Å². The molecule has 23 heavy (non-hydrogen) atoms. The van der Waals surface area contributed by atoms with Crippen LogP contribution in [0.5, 0.6) is 0 Å². The van der Waals surface area contributed by atoms with Gasteiger partial charge in [0, 0.05) is 38.3 Å². The molecule has 1 heterocycles. The molecule has 0 saturated carbocycles. The molecular formula is C17H24F2N2O2. The summed E-state index contributed by atoms with van der Waals surface area (Å²) < 4.78 is 26.4. The highest BCUT2D eigenvalue weighted by molar-refractivity contribution is 5.94. The van der Waals surface area contributed by atoms with Gasteiger partial charge in [-0.25, -0.2) is 8.78 Å². The van der Waals surface area contributed by atoms with Crippen LogP contribution in [0.15, 0.2) is 18.2 Å². The van der Waals surface area contributed by atoms with E-state index < -0.39 is 11.6 Å². The summed E-state index contributed by atoms with van der Waals surface area (Å²) >= 11 is 0. The molecule has 0 aliphatic carbocycles. The van der Waals surface area contributed by atoms with Crippen molar-refractivity contribution in [3.8, 4) is 0 Å². The predicted octanol–water partition coefficient (Wildman–Crippen LogP) is 2.13. The van der Waals surface area contributed by atoms with Crippen molar-refractivity contribution in [3.63, 3.8) is 0 Å². The van der Waals surface area contributed by atoms with Crippen molar-refractivity contribution in [2.45, 2.75) is 32.4 Å². The number of aliphatic hydroxyl groups excluding tert-OH is 1. The Morgan fingerprint density at radius 1 is 1.35 bits per heavy atom. The van der Waals surface area contributed by atoms with Gasteiger partial charge in [0.05, 0.1) is 6.10 Å². The van der Waals surface area contributed by atoms with Gasteiger partial charge in [0.25, 0.3) is 5.91 Å². The molecule has 128 valence electrons. The molecule has 4 nitrogen and oxygen atoms in total. The maximum atomic E-state index is 13.3. The summed E-state index contributed by atoms with van der Waals surface area (Å²) in [5, 5.41) is 9.40. The van der Waals surface area contributed by atoms with Crippen molar-refractivity contribution in [1.82, 2.24) is 9.80 Å². The van der Waals surface area contributed by atoms with E-state index in [9.17, 15) is 18.7 Å². The number of hydrogen-bond donors (Lipinski definition) is 1. The van der Waals surface area contributed by atoms with Crippen molar-refractivity contribution in [1.29, 1.82) is 0 Å². The average molecular weight is 326 g/mol. The molecule has 1 amide bonds. The summed E-state index contributed by atoms with van der Waals surface area (Å²) in [7, 11) is 1.69. The maximum Gasteiger partial charge on any atom is 0.253 e. The zero-order chi connectivity index (χ0) is 17.1. The Kier molecular flexibility index (Phi) is 5.70. The number of carbonyl (C=O) groups excluding carboxylic acids is 1. The summed E-state index contributed by atoms with van der Waals surface area (Å²) in [4.78, 5) is 16.2. The number of likely N-dealkylation sites (N-methyl/N-ethyl adjacent to an activating group) is 1. The minimum atomic E-state index is -1.02. The third-order valence-electron chi connectivity index (χ3n) is 4.18. The molecule has 1 saturated heterocycles. The first-order valence-electron chi connectivity index (χ1n) is 7.90. The fraction of sp³-hybridized carbons (Fsp3) is 0.588. The Balaban J connectivity index is 2.09. The molecule has 1 N–H and O–H groups in total. The van der Waals surface area contributed by atoms with Crippen molar-refractivity contribution in [2.24, 2.45) is 5.92 Å². The van der Waals surface area contributed by atoms with E-state index in [2.05, 4.69) is 18.7 Å². The third kappa shape index (κ3) is 4.48. The van der Waals surface area contributed by atoms with E-state index in [1.54, 1.807) is 11.9 Å². The number of β-amino-alcohol motifs (C(OH)–C–C–N with tert-alkyl or cyclic N) is 1. The molecule has 1 aliphatic rings. The quantitative estimate of drug-likeness (QED) is 0.871. The minimum absolute atomic E-state index is 0.0388. The van der Waals surface area contributed by atoms with Crippen molar-refractivity contribution >= 4 is 5.91 Å². The summed E-state index contributed by atoms with van der Waals surface area (Å²) in [5.41, 5.74) is 0.142. The van der Waals surface area contributed by atoms with E-state index in [1.165, 1.54) is 6.07 Å². The summed E-state index contributed by atoms with van der Waals surface area (Å²) in [6.07, 6.45) is 0.514. The van der Waals surface area contributed by atoms with Gasteiger partial charge in [0.15, 0.2) is 11.6 Å². The minimum Gasteiger partial charge on any atom is -0.390 e. The average Bonchev–Trinajstić information content (AvgIpc) is 2.45. The SMILES string of the molecule is CC(C)C[C@@H](CN1CC(O)C1)N(C)C(=O)c1ccc(F)c(F)c1. The molecule has 0 unspecified atom stereocenters. The van der Waals surface area contributed by atoms with E-state index in [-0.39, 0.29) is 23.6 Å². The number of benzene rings is 1. The lowest BCUT2D eigenvalue weighted by Crippen LogP contribution is -2.56. The Bertz CT molecular complexity index is 560. The molecule has 0 aromatic heterocycles. The first kappa shape index (κ1) is 17.8. The number of nitrogens with zero attached hydrogens (tertiary/aromatic N) is 2. The fourth-order valence-corrected chi connectivity index (χ4v) is 2.89. The maximum absolute atomic E-state index is 13.3. The van der Waals surface area contributed by atoms with Crippen LogP contribution in [0.25, 0.3) is 0 Å². The van der Waals surface area contributed by atoms with Gasteiger partial charge in [-0.1, -0.05) is 13.8 Å². The summed E-state index contributed by atoms with van der Waals surface area (Å²) in [6.45, 7) is 6.05. The number of halogens is 2. The zero-order valence-corrected chi connectivity index (χ0v) is 13.8. The summed E-state index contributed by atoms with van der Waals surface area (Å²) in [5.74, 6) is -1.91. The van der Waals surface area contributed by atoms with Crippen LogP contribution in [0.1, 0.15) is 30.6 Å².